The van der Waals surface area contributed by atoms with Gasteiger partial charge >= 0.3 is 26.2 Å². The van der Waals surface area contributed by atoms with E-state index < -0.39 is 8.32 Å². The van der Waals surface area contributed by atoms with Gasteiger partial charge in [-0.3, -0.25) is 6.08 Å². The van der Waals surface area contributed by atoms with Crippen molar-refractivity contribution in [1.82, 2.24) is 0 Å². The van der Waals surface area contributed by atoms with E-state index in [1.807, 2.05) is 25.2 Å². The molecule has 0 aliphatic heterocycles. The van der Waals surface area contributed by atoms with E-state index in [0.717, 1.165) is 24.4 Å². The Morgan fingerprint density at radius 3 is 2.42 bits per heavy atom. The van der Waals surface area contributed by atoms with E-state index in [1.165, 1.54) is 0 Å². The molecule has 4 heteroatoms. The van der Waals surface area contributed by atoms with Gasteiger partial charge in [-0.15, -0.1) is 18.9 Å². The second-order valence-electron chi connectivity index (χ2n) is 4.93. The predicted molar refractivity (Wildman–Crippen MR) is 77.1 cm³/mol. The number of ether oxygens (including phenoxy) is 1. The van der Waals surface area contributed by atoms with Gasteiger partial charge in [0.1, 0.15) is 0 Å². The summed E-state index contributed by atoms with van der Waals surface area (Å²) in [5, 5.41) is 0. The Balaban J connectivity index is 0.000000454. The Labute approximate surface area is 137 Å². The van der Waals surface area contributed by atoms with Crippen LogP contribution in [0.15, 0.2) is 35.8 Å². The molecular weight excluding hydrogens is 331 g/mol. The fourth-order valence-electron chi connectivity index (χ4n) is 1.44. The van der Waals surface area contributed by atoms with Crippen molar-refractivity contribution < 1.29 is 35.4 Å². The summed E-state index contributed by atoms with van der Waals surface area (Å²) in [6, 6.07) is 0. The summed E-state index contributed by atoms with van der Waals surface area (Å²) in [6.07, 6.45) is 16.0. The van der Waals surface area contributed by atoms with Crippen molar-refractivity contribution in [1.29, 1.82) is 0 Å². The van der Waals surface area contributed by atoms with Crippen LogP contribution in [0, 0.1) is 12.2 Å². The van der Waals surface area contributed by atoms with Crippen LogP contribution in [-0.4, -0.2) is 14.9 Å². The van der Waals surface area contributed by atoms with Gasteiger partial charge in [-0.25, -0.2) is 18.2 Å². The van der Waals surface area contributed by atoms with E-state index in [4.69, 9.17) is 9.16 Å². The minimum atomic E-state index is -1.50. The van der Waals surface area contributed by atoms with Crippen molar-refractivity contribution in [2.75, 3.05) is 6.61 Å². The molecule has 2 rings (SSSR count). The Bertz CT molecular complexity index is 366. The van der Waals surface area contributed by atoms with Crippen molar-refractivity contribution in [2.45, 2.75) is 39.4 Å². The summed E-state index contributed by atoms with van der Waals surface area (Å²) in [5.74, 6) is 1.69. The number of hydrogen-bond acceptors (Lipinski definition) is 2. The Morgan fingerprint density at radius 2 is 2.00 bits per heavy atom. The van der Waals surface area contributed by atoms with Crippen molar-refractivity contribution in [2.24, 2.45) is 0 Å². The van der Waals surface area contributed by atoms with Crippen LogP contribution in [-0.2, 0) is 35.4 Å². The largest absolute Gasteiger partial charge is 2.00 e. The third-order valence-electron chi connectivity index (χ3n) is 2.06. The van der Waals surface area contributed by atoms with Gasteiger partial charge in [-0.2, -0.15) is 6.08 Å². The summed E-state index contributed by atoms with van der Waals surface area (Å²) in [4.78, 5) is 0. The summed E-state index contributed by atoms with van der Waals surface area (Å²) < 4.78 is 11.2. The maximum atomic E-state index is 5.84. The van der Waals surface area contributed by atoms with Crippen LogP contribution < -0.4 is 0 Å². The van der Waals surface area contributed by atoms with Crippen molar-refractivity contribution in [3.05, 3.63) is 48.0 Å². The van der Waals surface area contributed by atoms with Gasteiger partial charge in [0.05, 0.1) is 6.61 Å². The van der Waals surface area contributed by atoms with Crippen LogP contribution in [0.2, 0.25) is 19.6 Å². The van der Waals surface area contributed by atoms with Crippen LogP contribution in [0.1, 0.15) is 19.8 Å². The van der Waals surface area contributed by atoms with Gasteiger partial charge in [0.2, 0.25) is 8.32 Å². The van der Waals surface area contributed by atoms with E-state index >= 15 is 0 Å². The second kappa shape index (κ2) is 9.55. The zero-order valence-electron chi connectivity index (χ0n) is 12.2. The number of allylic oxidation sites excluding steroid dienone is 6. The van der Waals surface area contributed by atoms with Crippen LogP contribution in [0.5, 0.6) is 0 Å². The summed E-state index contributed by atoms with van der Waals surface area (Å²) in [5.41, 5.74) is 0. The molecule has 0 heterocycles. The normalized spacial score (nSPS) is 16.0. The molecule has 0 bridgehead atoms. The van der Waals surface area contributed by atoms with Crippen LogP contribution in [0.4, 0.5) is 0 Å². The SMILES string of the molecule is CCOC1=[C-]CC=C1O[Si](C)(C)C.[C-]1=CC=CC1.[Zr+2]. The molecule has 19 heavy (non-hydrogen) atoms. The Morgan fingerprint density at radius 1 is 1.26 bits per heavy atom. The summed E-state index contributed by atoms with van der Waals surface area (Å²) in [7, 11) is -1.50. The molecule has 0 amide bonds. The van der Waals surface area contributed by atoms with Gasteiger partial charge in [0, 0.05) is 0 Å². The molecule has 0 unspecified atom stereocenters. The minimum absolute atomic E-state index is 0. The number of rotatable bonds is 4. The zero-order chi connectivity index (χ0) is 13.4. The molecule has 0 N–H and O–H groups in total. The fourth-order valence-corrected chi connectivity index (χ4v) is 2.28. The maximum Gasteiger partial charge on any atom is 2.00 e. The van der Waals surface area contributed by atoms with Gasteiger partial charge in [-0.05, 0) is 38.1 Å². The van der Waals surface area contributed by atoms with E-state index in [0.29, 0.717) is 6.61 Å². The molecule has 0 atom stereocenters. The van der Waals surface area contributed by atoms with E-state index in [1.54, 1.807) is 0 Å². The molecule has 0 aromatic rings. The second-order valence-corrected chi connectivity index (χ2v) is 9.36. The molecule has 0 saturated heterocycles. The first-order chi connectivity index (χ1) is 8.53. The van der Waals surface area contributed by atoms with Crippen LogP contribution in [0.3, 0.4) is 0 Å². The van der Waals surface area contributed by atoms with Gasteiger partial charge in [0.25, 0.3) is 0 Å². The zero-order valence-corrected chi connectivity index (χ0v) is 15.7. The van der Waals surface area contributed by atoms with Gasteiger partial charge in [0.15, 0.2) is 0 Å². The molecule has 2 aliphatic carbocycles. The topological polar surface area (TPSA) is 18.5 Å². The molecule has 0 saturated carbocycles. The molecule has 0 aromatic heterocycles. The third kappa shape index (κ3) is 8.43. The van der Waals surface area contributed by atoms with Gasteiger partial charge < -0.3 is 9.16 Å². The van der Waals surface area contributed by atoms with Crippen molar-refractivity contribution >= 4 is 8.32 Å². The summed E-state index contributed by atoms with van der Waals surface area (Å²) in [6.45, 7) is 9.13. The molecule has 0 fully saturated rings. The third-order valence-corrected chi connectivity index (χ3v) is 2.90. The average molecular weight is 354 g/mol. The van der Waals surface area contributed by atoms with Crippen molar-refractivity contribution in [3.8, 4) is 0 Å². The Kier molecular flexibility index (Phi) is 9.38. The van der Waals surface area contributed by atoms with Gasteiger partial charge in [-0.1, -0.05) is 0 Å². The molecule has 102 valence electrons. The maximum absolute atomic E-state index is 5.84. The Hall–Kier alpha value is -0.340. The quantitative estimate of drug-likeness (QED) is 0.558. The molecule has 0 aromatic carbocycles. The van der Waals surface area contributed by atoms with Crippen LogP contribution >= 0.6 is 0 Å². The van der Waals surface area contributed by atoms with E-state index in [9.17, 15) is 0 Å². The summed E-state index contributed by atoms with van der Waals surface area (Å²) >= 11 is 0. The minimum Gasteiger partial charge on any atom is -0.629 e. The standard InChI is InChI=1S/C10H17O2Si.C5H5.Zr/c1-5-11-9-7-6-8-10(9)12-13(2,3)4;1-2-4-5-3-1;/h8H,5-6H2,1-4H3;1-3H,4H2;/q2*-1;+2. The first-order valence-corrected chi connectivity index (χ1v) is 9.78. The first-order valence-electron chi connectivity index (χ1n) is 6.38. The molecule has 2 aliphatic rings. The average Bonchev–Trinajstić information content (AvgIpc) is 2.91. The molecule has 0 radical (unpaired) electrons. The monoisotopic (exact) mass is 352 g/mol. The smallest absolute Gasteiger partial charge is 0.629 e. The fraction of sp³-hybridized carbons (Fsp3) is 0.467. The predicted octanol–water partition coefficient (Wildman–Crippen LogP) is 4.15. The van der Waals surface area contributed by atoms with Crippen LogP contribution in [0.25, 0.3) is 0 Å². The molecule has 2 nitrogen and oxygen atoms in total. The molecular formula is C15H22O2SiZr. The first kappa shape index (κ1) is 18.7. The van der Waals surface area contributed by atoms with E-state index in [2.05, 4.69) is 37.9 Å². The molecule has 0 spiro atoms. The van der Waals surface area contributed by atoms with Crippen molar-refractivity contribution in [3.63, 3.8) is 0 Å². The number of hydrogen-bond donors (Lipinski definition) is 0. The van der Waals surface area contributed by atoms with E-state index in [-0.39, 0.29) is 26.2 Å².